The molecule has 3 aromatic carbocycles. The number of nitrogens with one attached hydrogen (secondary N) is 6. The summed E-state index contributed by atoms with van der Waals surface area (Å²) >= 11 is 0. The predicted molar refractivity (Wildman–Crippen MR) is 260 cm³/mol. The second-order valence-electron chi connectivity index (χ2n) is 19.9. The lowest BCUT2D eigenvalue weighted by atomic mass is 9.69. The van der Waals surface area contributed by atoms with E-state index in [1.165, 1.54) is 48.5 Å². The normalized spacial score (nSPS) is 18.7. The van der Waals surface area contributed by atoms with E-state index in [2.05, 4.69) is 41.4 Å². The quantitative estimate of drug-likeness (QED) is 0.0924. The van der Waals surface area contributed by atoms with Crippen LogP contribution in [0.4, 0.5) is 34.9 Å². The number of fused-ring (bicyclic) bond motifs is 4. The van der Waals surface area contributed by atoms with Gasteiger partial charge in [-0.1, -0.05) is 52.0 Å². The summed E-state index contributed by atoms with van der Waals surface area (Å²) < 4.78 is 1.09. The number of nitrogens with zero attached hydrogens (tertiary/aromatic N) is 6. The highest BCUT2D eigenvalue weighted by molar-refractivity contribution is 6.02. The standard InChI is InChI=1S/C48H38N12O12/c1-47(2)15-27-33(29(61)17-47)31(19-5-9-21(10-6-19)59(69)70)35-37(49-27)51-45(53-39(35)63)55-57-41(65)23-13-25-26(14-24(23)42(57)66)44(68)58(43(25)67)56-46-52-38-36(40(64)54-46)32(20-7-11-22(12-8-20)60(71)72)34-28(50-38)16-48(3,4)18-30(34)62/h5-14,31-32H,15-18H2,1-4H3,(H3,49,51,53,55,63)(H3,50,52,54,56,64). The fraction of sp³-hybridized carbons (Fsp3) is 0.250. The van der Waals surface area contributed by atoms with Crippen molar-refractivity contribution in [3.8, 4) is 0 Å². The van der Waals surface area contributed by atoms with Crippen LogP contribution in [-0.2, 0) is 9.59 Å². The molecule has 0 spiro atoms. The second kappa shape index (κ2) is 15.5. The molecule has 6 N–H and O–H groups in total. The van der Waals surface area contributed by atoms with Crippen LogP contribution < -0.4 is 54.8 Å². The van der Waals surface area contributed by atoms with E-state index in [4.69, 9.17) is 0 Å². The number of carbonyl (C=O) groups excluding carboxylic acids is 2. The number of aromatic nitrogens is 6. The summed E-state index contributed by atoms with van der Waals surface area (Å²) in [4.78, 5) is 147. The van der Waals surface area contributed by atoms with Crippen molar-refractivity contribution in [3.05, 3.63) is 188 Å². The SMILES string of the molecule is CC1(C)CC(=O)C2=C(C1)Nc1nc(Nn3c(=O)c4cc5c(=O)n(Nc6nc7c(c(=O)[nH]6)C(c6ccc([N+](=O)[O-])cc6)C6=C(CC(C)(C)CC6=O)N7)c(=O)c5cc4c3=O)[nH]c(=O)c1C2c1ccc([N+](=O)[O-])cc1. The first-order valence-corrected chi connectivity index (χ1v) is 22.4. The van der Waals surface area contributed by atoms with Gasteiger partial charge in [0.2, 0.25) is 11.9 Å². The van der Waals surface area contributed by atoms with Gasteiger partial charge in [0.25, 0.3) is 44.7 Å². The Morgan fingerprint density at radius 2 is 0.875 bits per heavy atom. The highest BCUT2D eigenvalue weighted by Gasteiger charge is 2.44. The predicted octanol–water partition coefficient (Wildman–Crippen LogP) is 4.05. The summed E-state index contributed by atoms with van der Waals surface area (Å²) in [6.45, 7) is 7.62. The van der Waals surface area contributed by atoms with Gasteiger partial charge in [-0.2, -0.15) is 19.3 Å². The molecular formula is C48H38N12O12. The molecule has 0 fully saturated rings. The van der Waals surface area contributed by atoms with Crippen molar-refractivity contribution in [2.24, 2.45) is 10.8 Å². The van der Waals surface area contributed by atoms with Gasteiger partial charge in [0.05, 0.1) is 42.5 Å². The molecule has 4 aromatic heterocycles. The van der Waals surface area contributed by atoms with Crippen LogP contribution in [0.3, 0.4) is 0 Å². The van der Waals surface area contributed by atoms with Crippen molar-refractivity contribution in [1.82, 2.24) is 29.3 Å². The molecule has 2 unspecified atom stereocenters. The Balaban J connectivity index is 0.936. The zero-order valence-corrected chi connectivity index (χ0v) is 38.3. The Morgan fingerprint density at radius 3 is 1.19 bits per heavy atom. The Labute approximate surface area is 401 Å². The Morgan fingerprint density at radius 1 is 0.542 bits per heavy atom. The molecule has 11 rings (SSSR count). The smallest absolute Gasteiger partial charge is 0.280 e. The number of nitro groups is 2. The van der Waals surface area contributed by atoms with Gasteiger partial charge in [-0.3, -0.25) is 79.4 Å². The number of Topliss-reactive ketones (excluding diaryl/α,β-unsaturated/α-hetero) is 2. The van der Waals surface area contributed by atoms with Gasteiger partial charge in [-0.25, -0.2) is 0 Å². The summed E-state index contributed by atoms with van der Waals surface area (Å²) in [7, 11) is 0. The monoisotopic (exact) mass is 974 g/mol. The first-order chi connectivity index (χ1) is 34.1. The molecule has 2 atom stereocenters. The number of nitro benzene ring substituents is 2. The maximum Gasteiger partial charge on any atom is 0.280 e. The van der Waals surface area contributed by atoms with Crippen molar-refractivity contribution in [3.63, 3.8) is 0 Å². The van der Waals surface area contributed by atoms with E-state index in [9.17, 15) is 58.6 Å². The molecule has 24 nitrogen and oxygen atoms in total. The lowest BCUT2D eigenvalue weighted by Crippen LogP contribution is -2.38. The van der Waals surface area contributed by atoms with E-state index < -0.39 is 65.9 Å². The van der Waals surface area contributed by atoms with Crippen LogP contribution in [0.2, 0.25) is 0 Å². The van der Waals surface area contributed by atoms with Gasteiger partial charge in [0, 0.05) is 71.5 Å². The number of rotatable bonds is 8. The topological polar surface area (TPSA) is 338 Å². The van der Waals surface area contributed by atoms with E-state index in [-0.39, 0.29) is 92.0 Å². The van der Waals surface area contributed by atoms with E-state index in [0.29, 0.717) is 55.9 Å². The number of allylic oxidation sites excluding steroid dienone is 4. The number of hydrogen-bond donors (Lipinski definition) is 6. The number of H-pyrrole nitrogens is 2. The van der Waals surface area contributed by atoms with Crippen molar-refractivity contribution in [2.45, 2.75) is 65.2 Å². The average molecular weight is 975 g/mol. The fourth-order valence-corrected chi connectivity index (χ4v) is 10.6. The van der Waals surface area contributed by atoms with Gasteiger partial charge in [0.1, 0.15) is 11.6 Å². The maximum atomic E-state index is 14.0. The molecule has 0 radical (unpaired) electrons. The molecule has 2 aliphatic heterocycles. The van der Waals surface area contributed by atoms with E-state index in [1.807, 2.05) is 27.7 Å². The number of ketones is 2. The summed E-state index contributed by atoms with van der Waals surface area (Å²) in [5.74, 6) is -3.13. The summed E-state index contributed by atoms with van der Waals surface area (Å²) in [6.07, 6.45) is 1.12. The Kier molecular flexibility index (Phi) is 9.69. The largest absolute Gasteiger partial charge is 0.343 e. The molecule has 2 aliphatic carbocycles. The van der Waals surface area contributed by atoms with Crippen LogP contribution >= 0.6 is 0 Å². The number of anilines is 4. The van der Waals surface area contributed by atoms with Crippen LogP contribution in [0.15, 0.2) is 112 Å². The molecule has 362 valence electrons. The average Bonchev–Trinajstić information content (AvgIpc) is 3.67. The van der Waals surface area contributed by atoms with Crippen molar-refractivity contribution in [2.75, 3.05) is 21.5 Å². The third-order valence-electron chi connectivity index (χ3n) is 13.6. The van der Waals surface area contributed by atoms with Gasteiger partial charge < -0.3 is 10.6 Å². The van der Waals surface area contributed by atoms with Gasteiger partial charge in [0.15, 0.2) is 11.6 Å². The number of carbonyl (C=O) groups is 2. The summed E-state index contributed by atoms with van der Waals surface area (Å²) in [5.41, 5.74) is 0.799. The van der Waals surface area contributed by atoms with Crippen LogP contribution in [0.25, 0.3) is 21.5 Å². The third kappa shape index (κ3) is 7.04. The maximum absolute atomic E-state index is 14.0. The highest BCUT2D eigenvalue weighted by Crippen LogP contribution is 2.49. The van der Waals surface area contributed by atoms with Gasteiger partial charge in [-0.15, -0.1) is 0 Å². The second-order valence-corrected chi connectivity index (χ2v) is 19.9. The fourth-order valence-electron chi connectivity index (χ4n) is 10.6. The van der Waals surface area contributed by atoms with Crippen LogP contribution in [0, 0.1) is 31.1 Å². The number of hydrogen-bond acceptors (Lipinski definition) is 18. The summed E-state index contributed by atoms with van der Waals surface area (Å²) in [6, 6.07) is 13.0. The van der Waals surface area contributed by atoms with Crippen molar-refractivity contribution in [1.29, 1.82) is 0 Å². The molecule has 0 saturated heterocycles. The summed E-state index contributed by atoms with van der Waals surface area (Å²) in [5, 5.41) is 28.0. The highest BCUT2D eigenvalue weighted by atomic mass is 16.6. The molecule has 6 heterocycles. The lowest BCUT2D eigenvalue weighted by Gasteiger charge is -2.38. The van der Waals surface area contributed by atoms with E-state index >= 15 is 0 Å². The molecule has 0 saturated carbocycles. The van der Waals surface area contributed by atoms with Crippen LogP contribution in [-0.4, -0.2) is 50.7 Å². The number of aromatic amines is 2. The van der Waals surface area contributed by atoms with Gasteiger partial charge in [-0.05, 0) is 46.9 Å². The van der Waals surface area contributed by atoms with Gasteiger partial charge >= 0.3 is 0 Å². The van der Waals surface area contributed by atoms with Crippen molar-refractivity contribution >= 4 is 68.0 Å². The molecule has 24 heteroatoms. The number of benzene rings is 3. The first-order valence-electron chi connectivity index (χ1n) is 22.4. The third-order valence-corrected chi connectivity index (χ3v) is 13.6. The Hall–Kier alpha value is -9.48. The van der Waals surface area contributed by atoms with Crippen LogP contribution in [0.1, 0.15) is 87.5 Å². The van der Waals surface area contributed by atoms with E-state index in [1.54, 1.807) is 0 Å². The van der Waals surface area contributed by atoms with E-state index in [0.717, 1.165) is 12.1 Å². The Bertz CT molecular complexity index is 3740. The van der Waals surface area contributed by atoms with Crippen molar-refractivity contribution < 1.29 is 19.4 Å². The lowest BCUT2D eigenvalue weighted by molar-refractivity contribution is -0.385. The molecular weight excluding hydrogens is 937 g/mol. The first kappa shape index (κ1) is 45.0. The molecule has 0 bridgehead atoms. The number of non-ortho nitro benzene ring substituents is 2. The molecule has 0 amide bonds. The minimum Gasteiger partial charge on any atom is -0.343 e. The zero-order chi connectivity index (χ0) is 51.0. The minimum absolute atomic E-state index is 0.00190. The molecule has 4 aliphatic rings. The minimum atomic E-state index is -0.974. The molecule has 72 heavy (non-hydrogen) atoms. The molecule has 7 aromatic rings. The van der Waals surface area contributed by atoms with Crippen LogP contribution in [0.5, 0.6) is 0 Å². The zero-order valence-electron chi connectivity index (χ0n) is 38.3.